The Morgan fingerprint density at radius 1 is 1.03 bits per heavy atom. The third-order valence-corrected chi connectivity index (χ3v) is 4.76. The van der Waals surface area contributed by atoms with Gasteiger partial charge >= 0.3 is 0 Å². The molecule has 1 saturated heterocycles. The lowest BCUT2D eigenvalue weighted by atomic mass is 10.1. The molecule has 2 N–H and O–H groups in total. The molecule has 0 spiro atoms. The summed E-state index contributed by atoms with van der Waals surface area (Å²) in [6.07, 6.45) is 0. The van der Waals surface area contributed by atoms with Crippen LogP contribution in [0.5, 0.6) is 0 Å². The summed E-state index contributed by atoms with van der Waals surface area (Å²) in [5.74, 6) is 0.538. The minimum absolute atomic E-state index is 0.0239. The minimum atomic E-state index is -0.0283. The van der Waals surface area contributed by atoms with Crippen LogP contribution in [0.2, 0.25) is 0 Å². The zero-order chi connectivity index (χ0) is 21.9. The lowest BCUT2D eigenvalue weighted by Crippen LogP contribution is -2.46. The molecule has 30 heavy (non-hydrogen) atoms. The molecule has 0 saturated carbocycles. The van der Waals surface area contributed by atoms with E-state index < -0.39 is 0 Å². The number of hydrogen-bond acceptors (Lipinski definition) is 5. The molecule has 1 heterocycles. The highest BCUT2D eigenvalue weighted by Gasteiger charge is 2.11. The van der Waals surface area contributed by atoms with Gasteiger partial charge in [0.15, 0.2) is 5.96 Å². The maximum atomic E-state index is 12.0. The summed E-state index contributed by atoms with van der Waals surface area (Å²) in [4.78, 5) is 34.0. The van der Waals surface area contributed by atoms with Crippen LogP contribution in [0.1, 0.15) is 15.9 Å². The molecule has 0 aliphatic carbocycles. The molecule has 9 nitrogen and oxygen atoms in total. The van der Waals surface area contributed by atoms with Gasteiger partial charge < -0.3 is 25.2 Å². The van der Waals surface area contributed by atoms with E-state index in [1.165, 1.54) is 0 Å². The normalized spacial score (nSPS) is 14.9. The lowest BCUT2D eigenvalue weighted by Gasteiger charge is -2.26. The van der Waals surface area contributed by atoms with E-state index in [0.29, 0.717) is 18.1 Å². The number of likely N-dealkylation sites (N-methyl/N-ethyl adjacent to an activating group) is 1. The van der Waals surface area contributed by atoms with Gasteiger partial charge in [-0.15, -0.1) is 0 Å². The fourth-order valence-corrected chi connectivity index (χ4v) is 2.83. The summed E-state index contributed by atoms with van der Waals surface area (Å²) in [5, 5.41) is 6.40. The molecule has 0 bridgehead atoms. The molecule has 0 atom stereocenters. The largest absolute Gasteiger partial charge is 0.379 e. The third-order valence-electron chi connectivity index (χ3n) is 4.76. The molecule has 1 aromatic carbocycles. The Morgan fingerprint density at radius 3 is 2.30 bits per heavy atom. The smallest absolute Gasteiger partial charge is 0.253 e. The number of aliphatic imine (C=N–C) groups is 1. The number of morpholine rings is 1. The van der Waals surface area contributed by atoms with E-state index in [-0.39, 0.29) is 18.4 Å². The van der Waals surface area contributed by atoms with Crippen LogP contribution >= 0.6 is 0 Å². The quantitative estimate of drug-likeness (QED) is 0.451. The predicted molar refractivity (Wildman–Crippen MR) is 118 cm³/mol. The summed E-state index contributed by atoms with van der Waals surface area (Å²) in [6.45, 7) is 5.61. The molecule has 1 aliphatic heterocycles. The second-order valence-corrected chi connectivity index (χ2v) is 7.58. The van der Waals surface area contributed by atoms with Crippen molar-refractivity contribution in [2.24, 2.45) is 4.99 Å². The monoisotopic (exact) mass is 418 g/mol. The molecule has 1 aromatic rings. The predicted octanol–water partition coefficient (Wildman–Crippen LogP) is -0.156. The lowest BCUT2D eigenvalue weighted by molar-refractivity contribution is -0.127. The summed E-state index contributed by atoms with van der Waals surface area (Å²) < 4.78 is 5.37. The van der Waals surface area contributed by atoms with Crippen molar-refractivity contribution in [2.75, 3.05) is 74.1 Å². The average Bonchev–Trinajstić information content (AvgIpc) is 2.75. The minimum Gasteiger partial charge on any atom is -0.379 e. The Labute approximate surface area is 179 Å². The van der Waals surface area contributed by atoms with Gasteiger partial charge in [0, 0.05) is 59.9 Å². The number of carbonyl (C=O) groups excluding carboxylic acids is 2. The molecular formula is C21H34N6O3. The molecule has 1 aliphatic rings. The van der Waals surface area contributed by atoms with Crippen LogP contribution in [-0.4, -0.2) is 107 Å². The molecule has 0 aromatic heterocycles. The van der Waals surface area contributed by atoms with Crippen molar-refractivity contribution in [1.82, 2.24) is 25.3 Å². The number of ether oxygens (including phenoxy) is 1. The molecule has 0 unspecified atom stereocenters. The molecular weight excluding hydrogens is 384 g/mol. The molecule has 2 amide bonds. The van der Waals surface area contributed by atoms with E-state index >= 15 is 0 Å². The van der Waals surface area contributed by atoms with Crippen molar-refractivity contribution in [2.45, 2.75) is 6.54 Å². The Kier molecular flexibility index (Phi) is 9.56. The maximum Gasteiger partial charge on any atom is 0.253 e. The van der Waals surface area contributed by atoms with Gasteiger partial charge in [-0.2, -0.15) is 0 Å². The van der Waals surface area contributed by atoms with Gasteiger partial charge in [-0.05, 0) is 17.7 Å². The number of nitrogens with one attached hydrogen (secondary N) is 2. The number of benzene rings is 1. The van der Waals surface area contributed by atoms with Gasteiger partial charge in [-0.3, -0.25) is 14.5 Å². The van der Waals surface area contributed by atoms with Crippen LogP contribution in [-0.2, 0) is 16.1 Å². The van der Waals surface area contributed by atoms with Crippen molar-refractivity contribution in [1.29, 1.82) is 0 Å². The fourth-order valence-electron chi connectivity index (χ4n) is 2.83. The van der Waals surface area contributed by atoms with Crippen molar-refractivity contribution in [3.05, 3.63) is 35.4 Å². The zero-order valence-corrected chi connectivity index (χ0v) is 18.5. The number of guanidine groups is 1. The third kappa shape index (κ3) is 8.00. The maximum absolute atomic E-state index is 12.0. The number of amides is 2. The van der Waals surface area contributed by atoms with E-state index in [9.17, 15) is 9.59 Å². The van der Waals surface area contributed by atoms with Crippen molar-refractivity contribution < 1.29 is 14.3 Å². The second kappa shape index (κ2) is 12.1. The fraction of sp³-hybridized carbons (Fsp3) is 0.571. The summed E-state index contributed by atoms with van der Waals surface area (Å²) in [5.41, 5.74) is 1.63. The Balaban J connectivity index is 1.94. The van der Waals surface area contributed by atoms with Gasteiger partial charge in [0.25, 0.3) is 5.91 Å². The van der Waals surface area contributed by atoms with Crippen LogP contribution in [0, 0.1) is 0 Å². The number of nitrogens with zero attached hydrogens (tertiary/aromatic N) is 4. The van der Waals surface area contributed by atoms with Crippen molar-refractivity contribution >= 4 is 17.8 Å². The van der Waals surface area contributed by atoms with Crippen LogP contribution in [0.3, 0.4) is 0 Å². The van der Waals surface area contributed by atoms with Gasteiger partial charge in [-0.1, -0.05) is 12.1 Å². The first-order chi connectivity index (χ1) is 14.4. The molecule has 166 valence electrons. The van der Waals surface area contributed by atoms with Crippen LogP contribution in [0.4, 0.5) is 0 Å². The highest BCUT2D eigenvalue weighted by molar-refractivity contribution is 5.93. The van der Waals surface area contributed by atoms with Crippen LogP contribution in [0.15, 0.2) is 29.3 Å². The Hall–Kier alpha value is -2.65. The first kappa shape index (κ1) is 23.6. The van der Waals surface area contributed by atoms with Crippen molar-refractivity contribution in [3.63, 3.8) is 0 Å². The summed E-state index contributed by atoms with van der Waals surface area (Å²) >= 11 is 0. The first-order valence-electron chi connectivity index (χ1n) is 10.2. The van der Waals surface area contributed by atoms with E-state index in [4.69, 9.17) is 4.74 Å². The average molecular weight is 419 g/mol. The van der Waals surface area contributed by atoms with Gasteiger partial charge in [0.2, 0.25) is 5.91 Å². The zero-order valence-electron chi connectivity index (χ0n) is 18.5. The summed E-state index contributed by atoms with van der Waals surface area (Å²) in [7, 11) is 6.92. The van der Waals surface area contributed by atoms with Gasteiger partial charge in [0.05, 0.1) is 26.3 Å². The van der Waals surface area contributed by atoms with Crippen molar-refractivity contribution in [3.8, 4) is 0 Å². The first-order valence-corrected chi connectivity index (χ1v) is 10.2. The topological polar surface area (TPSA) is 89.5 Å². The number of hydrogen-bond donors (Lipinski definition) is 2. The molecule has 2 rings (SSSR count). The number of rotatable bonds is 8. The SMILES string of the molecule is CN(C)C(=O)CNC(=NCc1ccc(C(=O)N(C)C)cc1)NCCN1CCOCC1. The molecule has 9 heteroatoms. The Morgan fingerprint density at radius 2 is 1.70 bits per heavy atom. The highest BCUT2D eigenvalue weighted by atomic mass is 16.5. The van der Waals surface area contributed by atoms with Crippen LogP contribution < -0.4 is 10.6 Å². The molecule has 1 fully saturated rings. The van der Waals surface area contributed by atoms with Crippen LogP contribution in [0.25, 0.3) is 0 Å². The number of carbonyl (C=O) groups is 2. The highest BCUT2D eigenvalue weighted by Crippen LogP contribution is 2.07. The van der Waals surface area contributed by atoms with E-state index in [0.717, 1.165) is 45.0 Å². The van der Waals surface area contributed by atoms with Gasteiger partial charge in [-0.25, -0.2) is 4.99 Å². The van der Waals surface area contributed by atoms with E-state index in [1.807, 2.05) is 24.3 Å². The standard InChI is InChI=1S/C21H34N6O3/c1-25(2)19(28)16-24-21(22-9-10-27-11-13-30-14-12-27)23-15-17-5-7-18(8-6-17)20(29)26(3)4/h5-8H,9-16H2,1-4H3,(H2,22,23,24). The molecule has 0 radical (unpaired) electrons. The summed E-state index contributed by atoms with van der Waals surface area (Å²) in [6, 6.07) is 7.41. The van der Waals surface area contributed by atoms with E-state index in [1.54, 1.807) is 38.0 Å². The second-order valence-electron chi connectivity index (χ2n) is 7.58. The van der Waals surface area contributed by atoms with E-state index in [2.05, 4.69) is 20.5 Å². The van der Waals surface area contributed by atoms with Gasteiger partial charge in [0.1, 0.15) is 0 Å². The Bertz CT molecular complexity index is 712.